The Labute approximate surface area is 179 Å². The molecule has 0 atom stereocenters. The monoisotopic (exact) mass is 436 g/mol. The largest absolute Gasteiger partial charge is 0.322 e. The van der Waals surface area contributed by atoms with Gasteiger partial charge in [-0.3, -0.25) is 4.79 Å². The number of hydrogen-bond donors (Lipinski definition) is 1. The van der Waals surface area contributed by atoms with Gasteiger partial charge in [-0.05, 0) is 61.0 Å². The van der Waals surface area contributed by atoms with Gasteiger partial charge in [-0.15, -0.1) is 11.3 Å². The predicted molar refractivity (Wildman–Crippen MR) is 122 cm³/mol. The third kappa shape index (κ3) is 3.99. The summed E-state index contributed by atoms with van der Waals surface area (Å²) in [5.74, 6) is -0.515. The molecule has 0 saturated carbocycles. The van der Waals surface area contributed by atoms with Crippen molar-refractivity contribution < 1.29 is 13.2 Å². The third-order valence-corrected chi connectivity index (χ3v) is 7.63. The van der Waals surface area contributed by atoms with Gasteiger partial charge in [0.05, 0.1) is 26.4 Å². The molecule has 0 radical (unpaired) electrons. The Balaban J connectivity index is 1.57. The topological polar surface area (TPSA) is 76.1 Å². The molecule has 0 aliphatic heterocycles. The molecule has 1 aromatic heterocycles. The number of anilines is 1. The van der Waals surface area contributed by atoms with Gasteiger partial charge in [-0.25, -0.2) is 13.4 Å². The SMILES string of the molecule is CCS(=O)(=O)c1ccccc1C(=O)Nc1ccc(-c2nc3ccc(C)cc3s2)cc1. The molecule has 0 saturated heterocycles. The van der Waals surface area contributed by atoms with Crippen LogP contribution in [-0.4, -0.2) is 25.1 Å². The normalized spacial score (nSPS) is 11.5. The average Bonchev–Trinajstić information content (AvgIpc) is 3.17. The summed E-state index contributed by atoms with van der Waals surface area (Å²) >= 11 is 1.62. The van der Waals surface area contributed by atoms with E-state index < -0.39 is 15.7 Å². The Bertz CT molecular complexity index is 1340. The van der Waals surface area contributed by atoms with Crippen molar-refractivity contribution in [2.24, 2.45) is 0 Å². The second-order valence-electron chi connectivity index (χ2n) is 6.92. The summed E-state index contributed by atoms with van der Waals surface area (Å²) < 4.78 is 25.7. The minimum atomic E-state index is -3.49. The van der Waals surface area contributed by atoms with Crippen LogP contribution in [0.2, 0.25) is 0 Å². The molecule has 0 spiro atoms. The van der Waals surface area contributed by atoms with E-state index in [9.17, 15) is 13.2 Å². The van der Waals surface area contributed by atoms with E-state index in [4.69, 9.17) is 0 Å². The van der Waals surface area contributed by atoms with Crippen LogP contribution in [-0.2, 0) is 9.84 Å². The van der Waals surface area contributed by atoms with Gasteiger partial charge in [0.2, 0.25) is 0 Å². The van der Waals surface area contributed by atoms with Crippen LogP contribution in [0.3, 0.4) is 0 Å². The molecule has 0 aliphatic rings. The number of sulfone groups is 1. The third-order valence-electron chi connectivity index (χ3n) is 4.78. The number of carbonyl (C=O) groups is 1. The summed E-state index contributed by atoms with van der Waals surface area (Å²) in [5, 5.41) is 3.70. The second kappa shape index (κ2) is 8.01. The number of benzene rings is 3. The first-order valence-corrected chi connectivity index (χ1v) is 11.9. The lowest BCUT2D eigenvalue weighted by Crippen LogP contribution is -2.17. The number of thiazole rings is 1. The van der Waals surface area contributed by atoms with Crippen LogP contribution in [0.5, 0.6) is 0 Å². The fourth-order valence-electron chi connectivity index (χ4n) is 3.13. The summed E-state index contributed by atoms with van der Waals surface area (Å²) in [6, 6.07) is 19.8. The number of nitrogens with zero attached hydrogens (tertiary/aromatic N) is 1. The minimum absolute atomic E-state index is 0.0476. The molecule has 30 heavy (non-hydrogen) atoms. The van der Waals surface area contributed by atoms with Gasteiger partial charge in [0, 0.05) is 11.3 Å². The van der Waals surface area contributed by atoms with E-state index in [0.29, 0.717) is 5.69 Å². The Morgan fingerprint density at radius 1 is 1.03 bits per heavy atom. The zero-order valence-corrected chi connectivity index (χ0v) is 18.2. The zero-order chi connectivity index (χ0) is 21.3. The van der Waals surface area contributed by atoms with Crippen molar-refractivity contribution in [1.29, 1.82) is 0 Å². The standard InChI is InChI=1S/C23H20N2O3S2/c1-3-30(27,28)21-7-5-4-6-18(21)22(26)24-17-11-9-16(10-12-17)23-25-19-13-8-15(2)14-20(19)29-23/h4-14H,3H2,1-2H3,(H,24,26). The highest BCUT2D eigenvalue weighted by Crippen LogP contribution is 2.31. The molecule has 1 heterocycles. The van der Waals surface area contributed by atoms with E-state index in [-0.39, 0.29) is 16.2 Å². The fourth-order valence-corrected chi connectivity index (χ4v) is 5.29. The number of rotatable bonds is 5. The molecule has 0 fully saturated rings. The van der Waals surface area contributed by atoms with Crippen molar-refractivity contribution in [3.05, 3.63) is 77.9 Å². The van der Waals surface area contributed by atoms with Crippen LogP contribution in [0, 0.1) is 6.92 Å². The van der Waals surface area contributed by atoms with Crippen molar-refractivity contribution in [3.63, 3.8) is 0 Å². The maximum absolute atomic E-state index is 12.7. The van der Waals surface area contributed by atoms with Gasteiger partial charge in [0.1, 0.15) is 5.01 Å². The van der Waals surface area contributed by atoms with E-state index in [1.165, 1.54) is 17.7 Å². The predicted octanol–water partition coefficient (Wildman–Crippen LogP) is 5.32. The molecular formula is C23H20N2O3S2. The maximum Gasteiger partial charge on any atom is 0.256 e. The Hall–Kier alpha value is -3.03. The first-order valence-electron chi connectivity index (χ1n) is 9.48. The molecule has 4 rings (SSSR count). The first kappa shape index (κ1) is 20.3. The number of carbonyl (C=O) groups excluding carboxylic acids is 1. The lowest BCUT2D eigenvalue weighted by atomic mass is 10.2. The van der Waals surface area contributed by atoms with Crippen LogP contribution >= 0.6 is 11.3 Å². The van der Waals surface area contributed by atoms with Gasteiger partial charge in [0.25, 0.3) is 5.91 Å². The molecule has 5 nitrogen and oxygen atoms in total. The number of aryl methyl sites for hydroxylation is 1. The lowest BCUT2D eigenvalue weighted by Gasteiger charge is -2.10. The zero-order valence-electron chi connectivity index (χ0n) is 16.5. The molecule has 1 N–H and O–H groups in total. The Kier molecular flexibility index (Phi) is 5.40. The molecule has 4 aromatic rings. The van der Waals surface area contributed by atoms with Gasteiger partial charge < -0.3 is 5.32 Å². The van der Waals surface area contributed by atoms with Crippen LogP contribution in [0.4, 0.5) is 5.69 Å². The number of nitrogens with one attached hydrogen (secondary N) is 1. The van der Waals surface area contributed by atoms with Gasteiger partial charge in [-0.2, -0.15) is 0 Å². The summed E-state index contributed by atoms with van der Waals surface area (Å²) in [6.45, 7) is 3.62. The molecule has 3 aromatic carbocycles. The number of fused-ring (bicyclic) bond motifs is 1. The summed E-state index contributed by atoms with van der Waals surface area (Å²) in [6.07, 6.45) is 0. The van der Waals surface area contributed by atoms with E-state index in [2.05, 4.69) is 23.3 Å². The van der Waals surface area contributed by atoms with Crippen molar-refractivity contribution in [1.82, 2.24) is 4.98 Å². The van der Waals surface area contributed by atoms with Crippen LogP contribution in [0.15, 0.2) is 71.6 Å². The van der Waals surface area contributed by atoms with Crippen LogP contribution < -0.4 is 5.32 Å². The molecular weight excluding hydrogens is 416 g/mol. The Morgan fingerprint density at radius 2 is 1.77 bits per heavy atom. The quantitative estimate of drug-likeness (QED) is 0.459. The van der Waals surface area contributed by atoms with E-state index in [1.807, 2.05) is 24.3 Å². The molecule has 0 unspecified atom stereocenters. The van der Waals surface area contributed by atoms with E-state index in [1.54, 1.807) is 42.5 Å². The fraction of sp³-hybridized carbons (Fsp3) is 0.130. The van der Waals surface area contributed by atoms with Crippen LogP contribution in [0.25, 0.3) is 20.8 Å². The van der Waals surface area contributed by atoms with Crippen LogP contribution in [0.1, 0.15) is 22.8 Å². The highest BCUT2D eigenvalue weighted by atomic mass is 32.2. The smallest absolute Gasteiger partial charge is 0.256 e. The molecule has 0 bridgehead atoms. The summed E-state index contributed by atoms with van der Waals surface area (Å²) in [4.78, 5) is 17.4. The van der Waals surface area contributed by atoms with Crippen molar-refractivity contribution in [3.8, 4) is 10.6 Å². The van der Waals surface area contributed by atoms with Gasteiger partial charge in [-0.1, -0.05) is 25.1 Å². The molecule has 1 amide bonds. The van der Waals surface area contributed by atoms with Crippen molar-refractivity contribution in [2.75, 3.05) is 11.1 Å². The van der Waals surface area contributed by atoms with Crippen molar-refractivity contribution >= 4 is 43.0 Å². The number of hydrogen-bond acceptors (Lipinski definition) is 5. The molecule has 0 aliphatic carbocycles. The maximum atomic E-state index is 12.7. The van der Waals surface area contributed by atoms with E-state index in [0.717, 1.165) is 20.8 Å². The summed E-state index contributed by atoms with van der Waals surface area (Å²) in [5.41, 5.74) is 3.85. The second-order valence-corrected chi connectivity index (χ2v) is 10.2. The number of aromatic nitrogens is 1. The lowest BCUT2D eigenvalue weighted by molar-refractivity contribution is 0.102. The first-order chi connectivity index (χ1) is 14.4. The Morgan fingerprint density at radius 3 is 2.50 bits per heavy atom. The summed E-state index contributed by atoms with van der Waals surface area (Å²) in [7, 11) is -3.49. The van der Waals surface area contributed by atoms with Crippen molar-refractivity contribution in [2.45, 2.75) is 18.7 Å². The van der Waals surface area contributed by atoms with Gasteiger partial charge in [0.15, 0.2) is 9.84 Å². The highest BCUT2D eigenvalue weighted by molar-refractivity contribution is 7.91. The van der Waals surface area contributed by atoms with Gasteiger partial charge >= 0.3 is 0 Å². The number of amides is 1. The van der Waals surface area contributed by atoms with E-state index >= 15 is 0 Å². The highest BCUT2D eigenvalue weighted by Gasteiger charge is 2.20. The molecule has 7 heteroatoms. The molecule has 152 valence electrons. The average molecular weight is 437 g/mol. The minimum Gasteiger partial charge on any atom is -0.322 e.